The summed E-state index contributed by atoms with van der Waals surface area (Å²) in [6.07, 6.45) is 9.22. The molecule has 2 rings (SSSR count). The van der Waals surface area contributed by atoms with Crippen LogP contribution in [0.3, 0.4) is 0 Å². The third kappa shape index (κ3) is 4.66. The van der Waals surface area contributed by atoms with Gasteiger partial charge in [-0.1, -0.05) is 18.7 Å². The van der Waals surface area contributed by atoms with Crippen molar-refractivity contribution in [1.82, 2.24) is 19.4 Å². The summed E-state index contributed by atoms with van der Waals surface area (Å²) in [5.41, 5.74) is 0.0673. The van der Waals surface area contributed by atoms with Gasteiger partial charge in [-0.3, -0.25) is 14.7 Å². The Morgan fingerprint density at radius 3 is 2.60 bits per heavy atom. The molecule has 1 fully saturated rings. The summed E-state index contributed by atoms with van der Waals surface area (Å²) in [7, 11) is 0. The number of nitrogens with zero attached hydrogens (tertiary/aromatic N) is 4. The lowest BCUT2D eigenvalue weighted by atomic mass is 10.3. The first-order valence-corrected chi connectivity index (χ1v) is 7.89. The molecule has 25 heavy (non-hydrogen) atoms. The van der Waals surface area contributed by atoms with Crippen molar-refractivity contribution in [3.05, 3.63) is 53.6 Å². The summed E-state index contributed by atoms with van der Waals surface area (Å²) in [5, 5.41) is 2.61. The van der Waals surface area contributed by atoms with Crippen molar-refractivity contribution in [2.45, 2.75) is 6.92 Å². The molecule has 1 aliphatic rings. The third-order valence-corrected chi connectivity index (χ3v) is 3.74. The van der Waals surface area contributed by atoms with Gasteiger partial charge in [0.15, 0.2) is 0 Å². The highest BCUT2D eigenvalue weighted by molar-refractivity contribution is 5.88. The fourth-order valence-electron chi connectivity index (χ4n) is 2.33. The Morgan fingerprint density at radius 1 is 1.32 bits per heavy atom. The Morgan fingerprint density at radius 2 is 2.04 bits per heavy atom. The first kappa shape index (κ1) is 18.2. The Balaban J connectivity index is 2.08. The standard InChI is InChI=1S/C17H21N5O3/c1-3-5-6-14(4-2)22-8-7-15(19-17(22)25)18-16(24)21-11-9-20(13-23)10-12-21/h3-8,13H,2,9-12H2,1H3,(H,18,19,24,25)/b5-3-,14-6+. The van der Waals surface area contributed by atoms with Crippen LogP contribution in [0.2, 0.25) is 0 Å². The zero-order valence-corrected chi connectivity index (χ0v) is 14.1. The number of rotatable bonds is 5. The van der Waals surface area contributed by atoms with Gasteiger partial charge in [-0.25, -0.2) is 9.59 Å². The second-order valence-electron chi connectivity index (χ2n) is 5.35. The largest absolute Gasteiger partial charge is 0.354 e. The predicted molar refractivity (Wildman–Crippen MR) is 96.0 cm³/mol. The van der Waals surface area contributed by atoms with Crippen molar-refractivity contribution in [3.63, 3.8) is 0 Å². The van der Waals surface area contributed by atoms with Crippen LogP contribution in [0.25, 0.3) is 5.70 Å². The molecule has 8 heteroatoms. The summed E-state index contributed by atoms with van der Waals surface area (Å²) in [4.78, 5) is 42.1. The van der Waals surface area contributed by atoms with E-state index >= 15 is 0 Å². The summed E-state index contributed by atoms with van der Waals surface area (Å²) in [6.45, 7) is 7.41. The molecule has 0 radical (unpaired) electrons. The van der Waals surface area contributed by atoms with Gasteiger partial charge in [0.1, 0.15) is 5.82 Å². The van der Waals surface area contributed by atoms with E-state index in [9.17, 15) is 14.4 Å². The van der Waals surface area contributed by atoms with Gasteiger partial charge in [0.05, 0.1) is 0 Å². The smallest absolute Gasteiger partial charge is 0.342 e. The van der Waals surface area contributed by atoms with E-state index in [1.165, 1.54) is 10.8 Å². The van der Waals surface area contributed by atoms with Crippen LogP contribution >= 0.6 is 0 Å². The minimum absolute atomic E-state index is 0.179. The Kier molecular flexibility index (Phi) is 6.27. The van der Waals surface area contributed by atoms with Crippen LogP contribution < -0.4 is 11.0 Å². The highest BCUT2D eigenvalue weighted by Crippen LogP contribution is 2.07. The van der Waals surface area contributed by atoms with E-state index in [2.05, 4.69) is 16.9 Å². The number of anilines is 1. The Bertz CT molecular complexity index is 758. The first-order chi connectivity index (χ1) is 12.1. The maximum Gasteiger partial charge on any atom is 0.354 e. The molecule has 0 atom stereocenters. The topological polar surface area (TPSA) is 87.5 Å². The molecule has 1 aromatic heterocycles. The molecule has 1 aliphatic heterocycles. The minimum Gasteiger partial charge on any atom is -0.342 e. The predicted octanol–water partition coefficient (Wildman–Crippen LogP) is 1.15. The molecule has 1 N–H and O–H groups in total. The van der Waals surface area contributed by atoms with Gasteiger partial charge in [-0.2, -0.15) is 4.98 Å². The maximum absolute atomic E-state index is 12.2. The zero-order chi connectivity index (χ0) is 18.2. The number of piperazine rings is 1. The fraction of sp³-hybridized carbons (Fsp3) is 0.294. The molecule has 0 saturated carbocycles. The molecule has 0 aliphatic carbocycles. The molecule has 0 bridgehead atoms. The second kappa shape index (κ2) is 8.62. The van der Waals surface area contributed by atoms with Gasteiger partial charge < -0.3 is 9.80 Å². The van der Waals surface area contributed by atoms with Gasteiger partial charge in [0, 0.05) is 38.1 Å². The number of aromatic nitrogens is 2. The number of carbonyl (C=O) groups is 2. The molecule has 8 nitrogen and oxygen atoms in total. The van der Waals surface area contributed by atoms with E-state index in [0.29, 0.717) is 31.9 Å². The van der Waals surface area contributed by atoms with Crippen molar-refractivity contribution in [1.29, 1.82) is 0 Å². The lowest BCUT2D eigenvalue weighted by Gasteiger charge is -2.32. The molecule has 1 aromatic rings. The van der Waals surface area contributed by atoms with Crippen LogP contribution in [0.5, 0.6) is 0 Å². The average molecular weight is 343 g/mol. The fourth-order valence-corrected chi connectivity index (χ4v) is 2.33. The van der Waals surface area contributed by atoms with Crippen LogP contribution in [0, 0.1) is 0 Å². The Hall–Kier alpha value is -3.16. The van der Waals surface area contributed by atoms with E-state index < -0.39 is 5.69 Å². The van der Waals surface area contributed by atoms with Crippen LogP contribution in [0.1, 0.15) is 6.92 Å². The summed E-state index contributed by atoms with van der Waals surface area (Å²) in [5.74, 6) is 0.179. The summed E-state index contributed by atoms with van der Waals surface area (Å²) < 4.78 is 1.34. The van der Waals surface area contributed by atoms with E-state index in [1.807, 2.05) is 13.0 Å². The number of hydrogen-bond donors (Lipinski definition) is 1. The Labute approximate surface area is 145 Å². The van der Waals surface area contributed by atoms with Crippen molar-refractivity contribution < 1.29 is 9.59 Å². The van der Waals surface area contributed by atoms with Crippen LogP contribution in [-0.2, 0) is 4.79 Å². The van der Waals surface area contributed by atoms with Crippen molar-refractivity contribution in [2.75, 3.05) is 31.5 Å². The number of allylic oxidation sites excluding steroid dienone is 5. The number of amides is 3. The number of carbonyl (C=O) groups excluding carboxylic acids is 2. The molecular weight excluding hydrogens is 322 g/mol. The van der Waals surface area contributed by atoms with Gasteiger partial charge in [0.2, 0.25) is 6.41 Å². The van der Waals surface area contributed by atoms with Gasteiger partial charge >= 0.3 is 11.7 Å². The van der Waals surface area contributed by atoms with Crippen LogP contribution in [0.15, 0.2) is 47.9 Å². The van der Waals surface area contributed by atoms with Gasteiger partial charge in [0.25, 0.3) is 0 Å². The monoisotopic (exact) mass is 343 g/mol. The van der Waals surface area contributed by atoms with Gasteiger partial charge in [-0.15, -0.1) is 0 Å². The number of nitrogens with one attached hydrogen (secondary N) is 1. The van der Waals surface area contributed by atoms with Crippen molar-refractivity contribution >= 4 is 24.0 Å². The SMILES string of the molecule is C=C/C(=C\C=C/C)n1ccc(NC(=O)N2CCN(C=O)CC2)nc1=O. The second-order valence-corrected chi connectivity index (χ2v) is 5.35. The lowest BCUT2D eigenvalue weighted by Crippen LogP contribution is -2.49. The van der Waals surface area contributed by atoms with Gasteiger partial charge in [-0.05, 0) is 25.1 Å². The molecule has 2 heterocycles. The molecular formula is C17H21N5O3. The first-order valence-electron chi connectivity index (χ1n) is 7.89. The zero-order valence-electron chi connectivity index (χ0n) is 14.1. The van der Waals surface area contributed by atoms with Crippen LogP contribution in [0.4, 0.5) is 10.6 Å². The number of hydrogen-bond acceptors (Lipinski definition) is 4. The lowest BCUT2D eigenvalue weighted by molar-refractivity contribution is -0.119. The van der Waals surface area contributed by atoms with Crippen molar-refractivity contribution in [3.8, 4) is 0 Å². The maximum atomic E-state index is 12.2. The molecule has 3 amide bonds. The van der Waals surface area contributed by atoms with E-state index in [1.54, 1.807) is 34.1 Å². The van der Waals surface area contributed by atoms with Crippen molar-refractivity contribution in [2.24, 2.45) is 0 Å². The molecule has 0 spiro atoms. The van der Waals surface area contributed by atoms with E-state index in [0.717, 1.165) is 6.41 Å². The summed E-state index contributed by atoms with van der Waals surface area (Å²) in [6, 6.07) is 1.21. The van der Waals surface area contributed by atoms with E-state index in [-0.39, 0.29) is 11.8 Å². The van der Waals surface area contributed by atoms with E-state index in [4.69, 9.17) is 0 Å². The third-order valence-electron chi connectivity index (χ3n) is 3.74. The average Bonchev–Trinajstić information content (AvgIpc) is 2.63. The quantitative estimate of drug-likeness (QED) is 0.642. The highest BCUT2D eigenvalue weighted by atomic mass is 16.2. The van der Waals surface area contributed by atoms with Crippen LogP contribution in [-0.4, -0.2) is 58.0 Å². The normalized spacial score (nSPS) is 15.3. The molecule has 132 valence electrons. The number of urea groups is 1. The molecule has 0 aromatic carbocycles. The summed E-state index contributed by atoms with van der Waals surface area (Å²) >= 11 is 0. The molecule has 0 unspecified atom stereocenters. The molecule has 1 saturated heterocycles. The highest BCUT2D eigenvalue weighted by Gasteiger charge is 2.20. The minimum atomic E-state index is -0.515.